The third kappa shape index (κ3) is 5.68. The van der Waals surface area contributed by atoms with Crippen LogP contribution in [0, 0.1) is 0 Å². The van der Waals surface area contributed by atoms with Crippen LogP contribution in [-0.2, 0) is 20.7 Å². The smallest absolute Gasteiger partial charge is 0.306 e. The molecule has 0 radical (unpaired) electrons. The van der Waals surface area contributed by atoms with E-state index < -0.39 is 0 Å². The Morgan fingerprint density at radius 2 is 2.21 bits per heavy atom. The molecule has 0 aliphatic heterocycles. The van der Waals surface area contributed by atoms with Gasteiger partial charge in [0, 0.05) is 10.7 Å². The summed E-state index contributed by atoms with van der Waals surface area (Å²) >= 11 is 1.65. The quantitative estimate of drug-likeness (QED) is 0.748. The van der Waals surface area contributed by atoms with Crippen LogP contribution in [0.3, 0.4) is 0 Å². The van der Waals surface area contributed by atoms with E-state index in [-0.39, 0.29) is 16.6 Å². The standard InChI is InChI=1S/C14H23NO3S/c1-6-17-13(16)7-10(2)19-9-12-15-8-11(18-12)14(3,4)5/h8,10H,6-7,9H2,1-5H3/t10-/m1/s1. The second kappa shape index (κ2) is 6.98. The summed E-state index contributed by atoms with van der Waals surface area (Å²) < 4.78 is 10.6. The molecule has 1 atom stereocenters. The zero-order valence-corrected chi connectivity index (χ0v) is 13.2. The highest BCUT2D eigenvalue weighted by molar-refractivity contribution is 7.99. The Kier molecular flexibility index (Phi) is 5.91. The monoisotopic (exact) mass is 285 g/mol. The zero-order chi connectivity index (χ0) is 14.5. The third-order valence-electron chi connectivity index (χ3n) is 2.54. The van der Waals surface area contributed by atoms with Gasteiger partial charge >= 0.3 is 5.97 Å². The molecule has 1 rings (SSSR count). The van der Waals surface area contributed by atoms with Crippen LogP contribution in [0.2, 0.25) is 0 Å². The van der Waals surface area contributed by atoms with Crippen molar-refractivity contribution in [3.05, 3.63) is 17.8 Å². The first-order valence-corrected chi connectivity index (χ1v) is 7.60. The van der Waals surface area contributed by atoms with Crippen LogP contribution in [-0.4, -0.2) is 22.8 Å². The van der Waals surface area contributed by atoms with Crippen LogP contribution >= 0.6 is 11.8 Å². The summed E-state index contributed by atoms with van der Waals surface area (Å²) in [7, 11) is 0. The van der Waals surface area contributed by atoms with E-state index in [2.05, 4.69) is 25.8 Å². The molecule has 0 amide bonds. The van der Waals surface area contributed by atoms with E-state index in [1.54, 1.807) is 18.0 Å². The molecule has 0 aromatic carbocycles. The molecule has 0 saturated carbocycles. The van der Waals surface area contributed by atoms with E-state index in [1.165, 1.54) is 0 Å². The average molecular weight is 285 g/mol. The van der Waals surface area contributed by atoms with Crippen molar-refractivity contribution in [1.82, 2.24) is 4.98 Å². The van der Waals surface area contributed by atoms with Crippen molar-refractivity contribution < 1.29 is 13.9 Å². The van der Waals surface area contributed by atoms with Gasteiger partial charge in [-0.2, -0.15) is 0 Å². The number of carbonyl (C=O) groups excluding carboxylic acids is 1. The Hall–Kier alpha value is -0.970. The molecule has 5 heteroatoms. The summed E-state index contributed by atoms with van der Waals surface area (Å²) in [6.07, 6.45) is 2.21. The minimum atomic E-state index is -0.148. The topological polar surface area (TPSA) is 52.3 Å². The number of hydrogen-bond acceptors (Lipinski definition) is 5. The molecule has 1 aromatic heterocycles. The van der Waals surface area contributed by atoms with E-state index in [0.29, 0.717) is 24.7 Å². The molecular formula is C14H23NO3S. The fourth-order valence-electron chi connectivity index (χ4n) is 1.45. The van der Waals surface area contributed by atoms with Gasteiger partial charge in [-0.1, -0.05) is 27.7 Å². The highest BCUT2D eigenvalue weighted by Gasteiger charge is 2.19. The Bertz CT molecular complexity index is 409. The van der Waals surface area contributed by atoms with Gasteiger partial charge in [-0.05, 0) is 6.92 Å². The van der Waals surface area contributed by atoms with Crippen LogP contribution in [0.1, 0.15) is 52.7 Å². The number of thioether (sulfide) groups is 1. The molecular weight excluding hydrogens is 262 g/mol. The number of nitrogens with zero attached hydrogens (tertiary/aromatic N) is 1. The molecule has 0 aliphatic rings. The summed E-state index contributed by atoms with van der Waals surface area (Å²) in [6, 6.07) is 0. The first kappa shape index (κ1) is 16.1. The molecule has 0 unspecified atom stereocenters. The zero-order valence-electron chi connectivity index (χ0n) is 12.4. The Labute approximate surface area is 119 Å². The maximum Gasteiger partial charge on any atom is 0.306 e. The fourth-order valence-corrected chi connectivity index (χ4v) is 2.27. The minimum Gasteiger partial charge on any atom is -0.466 e. The van der Waals surface area contributed by atoms with Crippen molar-refractivity contribution in [2.75, 3.05) is 6.61 Å². The van der Waals surface area contributed by atoms with Crippen LogP contribution in [0.25, 0.3) is 0 Å². The molecule has 1 aromatic rings. The van der Waals surface area contributed by atoms with E-state index in [0.717, 1.165) is 5.76 Å². The van der Waals surface area contributed by atoms with Crippen molar-refractivity contribution in [2.24, 2.45) is 0 Å². The molecule has 108 valence electrons. The van der Waals surface area contributed by atoms with Gasteiger partial charge in [0.05, 0.1) is 25.0 Å². The Balaban J connectivity index is 2.40. The van der Waals surface area contributed by atoms with Crippen molar-refractivity contribution in [2.45, 2.75) is 57.5 Å². The molecule has 19 heavy (non-hydrogen) atoms. The highest BCUT2D eigenvalue weighted by atomic mass is 32.2. The number of aromatic nitrogens is 1. The van der Waals surface area contributed by atoms with Crippen LogP contribution in [0.4, 0.5) is 0 Å². The molecule has 0 bridgehead atoms. The summed E-state index contributed by atoms with van der Waals surface area (Å²) in [5.74, 6) is 2.13. The largest absolute Gasteiger partial charge is 0.466 e. The third-order valence-corrected chi connectivity index (χ3v) is 3.69. The lowest BCUT2D eigenvalue weighted by Crippen LogP contribution is -2.10. The van der Waals surface area contributed by atoms with Gasteiger partial charge in [-0.25, -0.2) is 4.98 Å². The molecule has 0 spiro atoms. The number of carbonyl (C=O) groups is 1. The van der Waals surface area contributed by atoms with Crippen molar-refractivity contribution in [3.8, 4) is 0 Å². The van der Waals surface area contributed by atoms with E-state index in [4.69, 9.17) is 9.15 Å². The van der Waals surface area contributed by atoms with Gasteiger partial charge < -0.3 is 9.15 Å². The molecule has 0 fully saturated rings. The molecule has 4 nitrogen and oxygen atoms in total. The summed E-state index contributed by atoms with van der Waals surface area (Å²) in [4.78, 5) is 15.6. The van der Waals surface area contributed by atoms with Crippen LogP contribution < -0.4 is 0 Å². The van der Waals surface area contributed by atoms with Gasteiger partial charge in [-0.15, -0.1) is 11.8 Å². The molecule has 1 heterocycles. The number of rotatable bonds is 6. The number of oxazole rings is 1. The van der Waals surface area contributed by atoms with Crippen LogP contribution in [0.5, 0.6) is 0 Å². The molecule has 0 saturated heterocycles. The number of esters is 1. The van der Waals surface area contributed by atoms with Gasteiger partial charge in [0.25, 0.3) is 0 Å². The Morgan fingerprint density at radius 3 is 2.74 bits per heavy atom. The predicted molar refractivity (Wildman–Crippen MR) is 77.2 cm³/mol. The lowest BCUT2D eigenvalue weighted by molar-refractivity contribution is -0.142. The first-order valence-electron chi connectivity index (χ1n) is 6.55. The average Bonchev–Trinajstić information content (AvgIpc) is 2.74. The number of ether oxygens (including phenoxy) is 1. The maximum atomic E-state index is 11.3. The van der Waals surface area contributed by atoms with Gasteiger partial charge in [0.15, 0.2) is 0 Å². The lowest BCUT2D eigenvalue weighted by Gasteiger charge is -2.13. The lowest BCUT2D eigenvalue weighted by atomic mass is 9.94. The molecule has 0 aliphatic carbocycles. The second-order valence-corrected chi connectivity index (χ2v) is 6.93. The van der Waals surface area contributed by atoms with Crippen LogP contribution in [0.15, 0.2) is 10.6 Å². The first-order chi connectivity index (χ1) is 8.82. The van der Waals surface area contributed by atoms with Crippen molar-refractivity contribution in [3.63, 3.8) is 0 Å². The van der Waals surface area contributed by atoms with Gasteiger partial charge in [-0.3, -0.25) is 4.79 Å². The van der Waals surface area contributed by atoms with Gasteiger partial charge in [0.2, 0.25) is 5.89 Å². The second-order valence-electron chi connectivity index (χ2n) is 5.50. The van der Waals surface area contributed by atoms with Crippen molar-refractivity contribution in [1.29, 1.82) is 0 Å². The van der Waals surface area contributed by atoms with E-state index >= 15 is 0 Å². The Morgan fingerprint density at radius 1 is 1.53 bits per heavy atom. The fraction of sp³-hybridized carbons (Fsp3) is 0.714. The normalized spacial score (nSPS) is 13.3. The summed E-state index contributed by atoms with van der Waals surface area (Å²) in [6.45, 7) is 10.5. The van der Waals surface area contributed by atoms with E-state index in [9.17, 15) is 4.79 Å². The summed E-state index contributed by atoms with van der Waals surface area (Å²) in [5, 5.41) is 0.198. The van der Waals surface area contributed by atoms with Gasteiger partial charge in [0.1, 0.15) is 5.76 Å². The SMILES string of the molecule is CCOC(=O)C[C@@H](C)SCc1ncc(C(C)(C)C)o1. The number of hydrogen-bond donors (Lipinski definition) is 0. The molecule has 0 N–H and O–H groups in total. The predicted octanol–water partition coefficient (Wildman–Crippen LogP) is 3.55. The van der Waals surface area contributed by atoms with Crippen molar-refractivity contribution >= 4 is 17.7 Å². The summed E-state index contributed by atoms with van der Waals surface area (Å²) in [5.41, 5.74) is -0.0214. The minimum absolute atomic E-state index is 0.0214. The van der Waals surface area contributed by atoms with E-state index in [1.807, 2.05) is 13.8 Å². The maximum absolute atomic E-state index is 11.3. The highest BCUT2D eigenvalue weighted by Crippen LogP contribution is 2.25.